The predicted molar refractivity (Wildman–Crippen MR) is 110 cm³/mol. The zero-order valence-corrected chi connectivity index (χ0v) is 16.1. The van der Waals surface area contributed by atoms with Gasteiger partial charge in [-0.25, -0.2) is 0 Å². The van der Waals surface area contributed by atoms with Gasteiger partial charge in [0.15, 0.2) is 0 Å². The first-order valence-corrected chi connectivity index (χ1v) is 9.95. The molecule has 0 aliphatic carbocycles. The number of aryl methyl sites for hydroxylation is 2. The van der Waals surface area contributed by atoms with Crippen LogP contribution >= 0.6 is 0 Å². The molecule has 0 spiro atoms. The third-order valence-corrected chi connectivity index (χ3v) is 5.74. The number of Topliss-reactive ketones (excluding diaryl/α,β-unsaturated/α-hetero) is 1. The summed E-state index contributed by atoms with van der Waals surface area (Å²) >= 11 is 0. The Balaban J connectivity index is 1.89. The molecule has 2 aromatic carbocycles. The van der Waals surface area contributed by atoms with E-state index in [1.807, 2.05) is 36.4 Å². The maximum absolute atomic E-state index is 13.6. The molecule has 152 valence electrons. The van der Waals surface area contributed by atoms with Gasteiger partial charge in [0.1, 0.15) is 11.3 Å². The van der Waals surface area contributed by atoms with Crippen molar-refractivity contribution in [2.45, 2.75) is 32.0 Å². The van der Waals surface area contributed by atoms with E-state index in [-0.39, 0.29) is 5.69 Å². The number of carbonyl (C=O) groups is 1. The number of aromatic nitrogens is 2. The average Bonchev–Trinajstić information content (AvgIpc) is 3.16. The highest BCUT2D eigenvalue weighted by Gasteiger charge is 2.44. The molecule has 3 nitrogen and oxygen atoms in total. The number of halogens is 3. The molecule has 0 unspecified atom stereocenters. The lowest BCUT2D eigenvalue weighted by atomic mass is 9.96. The molecule has 0 radical (unpaired) electrons. The normalized spacial score (nSPS) is 14.1. The van der Waals surface area contributed by atoms with E-state index in [1.54, 1.807) is 30.5 Å². The zero-order valence-electron chi connectivity index (χ0n) is 16.1. The van der Waals surface area contributed by atoms with Crippen LogP contribution in [0.3, 0.4) is 0 Å². The van der Waals surface area contributed by atoms with Crippen LogP contribution in [0.2, 0.25) is 0 Å². The van der Waals surface area contributed by atoms with Crippen LogP contribution in [-0.4, -0.2) is 20.9 Å². The quantitative estimate of drug-likeness (QED) is 0.373. The Morgan fingerprint density at radius 2 is 1.50 bits per heavy atom. The van der Waals surface area contributed by atoms with Crippen molar-refractivity contribution in [3.63, 3.8) is 0 Å². The number of hydrogen-bond donors (Lipinski definition) is 0. The van der Waals surface area contributed by atoms with E-state index < -0.39 is 12.0 Å². The minimum Gasteiger partial charge on any atom is -0.325 e. The van der Waals surface area contributed by atoms with E-state index in [0.29, 0.717) is 29.7 Å². The number of benzene rings is 2. The maximum atomic E-state index is 13.6. The van der Waals surface area contributed by atoms with Crippen molar-refractivity contribution < 1.29 is 18.0 Å². The molecule has 0 saturated carbocycles. The Kier molecular flexibility index (Phi) is 4.31. The molecule has 0 amide bonds. The van der Waals surface area contributed by atoms with Crippen molar-refractivity contribution in [1.29, 1.82) is 0 Å². The molecule has 0 fully saturated rings. The summed E-state index contributed by atoms with van der Waals surface area (Å²) in [5, 5.41) is 0. The lowest BCUT2D eigenvalue weighted by molar-refractivity contribution is -0.0888. The van der Waals surface area contributed by atoms with Gasteiger partial charge < -0.3 is 4.57 Å². The summed E-state index contributed by atoms with van der Waals surface area (Å²) < 4.78 is 44.4. The van der Waals surface area contributed by atoms with E-state index in [1.165, 1.54) is 4.40 Å². The van der Waals surface area contributed by atoms with Crippen molar-refractivity contribution in [1.82, 2.24) is 8.97 Å². The first-order chi connectivity index (χ1) is 14.5. The van der Waals surface area contributed by atoms with E-state index in [9.17, 15) is 18.0 Å². The van der Waals surface area contributed by atoms with Crippen molar-refractivity contribution in [2.75, 3.05) is 0 Å². The molecule has 6 heteroatoms. The van der Waals surface area contributed by atoms with Gasteiger partial charge in [-0.1, -0.05) is 60.7 Å². The number of alkyl halides is 3. The molecular formula is C24H19F3N2O. The molecule has 0 atom stereocenters. The minimum atomic E-state index is -4.95. The Morgan fingerprint density at radius 3 is 2.13 bits per heavy atom. The molecule has 1 aliphatic rings. The Hall–Kier alpha value is -3.28. The highest BCUT2D eigenvalue weighted by molar-refractivity contribution is 6.07. The second-order valence-corrected chi connectivity index (χ2v) is 7.58. The number of hydrogen-bond acceptors (Lipinski definition) is 1. The highest BCUT2D eigenvalue weighted by Crippen LogP contribution is 2.41. The number of ketones is 1. The van der Waals surface area contributed by atoms with Crippen molar-refractivity contribution >= 4 is 11.4 Å². The van der Waals surface area contributed by atoms with Crippen molar-refractivity contribution in [3.8, 4) is 22.4 Å². The van der Waals surface area contributed by atoms with Gasteiger partial charge in [0.25, 0.3) is 5.78 Å². The van der Waals surface area contributed by atoms with Crippen LogP contribution in [0, 0.1) is 0 Å². The lowest BCUT2D eigenvalue weighted by Crippen LogP contribution is -2.24. The molecule has 4 aromatic rings. The Bertz CT molecular complexity index is 1230. The maximum Gasteiger partial charge on any atom is 0.456 e. The average molecular weight is 408 g/mol. The third kappa shape index (κ3) is 2.86. The summed E-state index contributed by atoms with van der Waals surface area (Å²) in [6.45, 7) is 0.700. The molecule has 30 heavy (non-hydrogen) atoms. The van der Waals surface area contributed by atoms with Crippen molar-refractivity contribution in [3.05, 3.63) is 78.1 Å². The number of rotatable bonds is 3. The molecule has 0 saturated heterocycles. The molecular weight excluding hydrogens is 389 g/mol. The van der Waals surface area contributed by atoms with Gasteiger partial charge >= 0.3 is 6.18 Å². The molecule has 3 heterocycles. The van der Waals surface area contributed by atoms with E-state index in [0.717, 1.165) is 29.7 Å². The SMILES string of the molecule is O=C(c1c(-c2ccccc2)c2c3n(c(-c4ccccc4)cn13)CCCC2)C(F)(F)F. The third-order valence-electron chi connectivity index (χ3n) is 5.74. The van der Waals surface area contributed by atoms with Gasteiger partial charge in [0.05, 0.1) is 5.69 Å². The van der Waals surface area contributed by atoms with Crippen LogP contribution in [-0.2, 0) is 13.0 Å². The van der Waals surface area contributed by atoms with Crippen LogP contribution in [0.1, 0.15) is 28.9 Å². The van der Waals surface area contributed by atoms with Gasteiger partial charge in [-0.2, -0.15) is 13.2 Å². The number of imidazole rings is 1. The van der Waals surface area contributed by atoms with Gasteiger partial charge in [0, 0.05) is 23.9 Å². The van der Waals surface area contributed by atoms with Crippen LogP contribution in [0.15, 0.2) is 66.9 Å². The molecule has 2 aromatic heterocycles. The molecule has 1 aliphatic heterocycles. The van der Waals surface area contributed by atoms with Crippen LogP contribution in [0.4, 0.5) is 13.2 Å². The number of carbonyl (C=O) groups excluding carboxylic acids is 1. The molecule has 5 rings (SSSR count). The summed E-state index contributed by atoms with van der Waals surface area (Å²) in [5.74, 6) is -1.81. The van der Waals surface area contributed by atoms with Crippen LogP contribution in [0.25, 0.3) is 28.0 Å². The lowest BCUT2D eigenvalue weighted by Gasteiger charge is -2.10. The first kappa shape index (κ1) is 18.7. The predicted octanol–water partition coefficient (Wildman–Crippen LogP) is 6.16. The fourth-order valence-corrected chi connectivity index (χ4v) is 4.50. The first-order valence-electron chi connectivity index (χ1n) is 9.95. The summed E-state index contributed by atoms with van der Waals surface area (Å²) in [6, 6.07) is 18.5. The van der Waals surface area contributed by atoms with Gasteiger partial charge in [-0.15, -0.1) is 0 Å². The summed E-state index contributed by atoms with van der Waals surface area (Å²) in [7, 11) is 0. The van der Waals surface area contributed by atoms with E-state index in [4.69, 9.17) is 0 Å². The fourth-order valence-electron chi connectivity index (χ4n) is 4.50. The standard InChI is InChI=1S/C24H19F3N2O/c25-24(26,27)22(30)21-20(17-11-5-2-6-12-17)18-13-7-8-14-28-19(15-29(21)23(18)28)16-9-3-1-4-10-16/h1-6,9-12,15H,7-8,13-14H2. The van der Waals surface area contributed by atoms with Gasteiger partial charge in [-0.3, -0.25) is 9.20 Å². The van der Waals surface area contributed by atoms with Crippen molar-refractivity contribution in [2.24, 2.45) is 0 Å². The van der Waals surface area contributed by atoms with Gasteiger partial charge in [-0.05, 0) is 30.4 Å². The summed E-state index contributed by atoms with van der Waals surface area (Å²) in [5.41, 5.74) is 4.00. The zero-order chi connectivity index (χ0) is 20.9. The Morgan fingerprint density at radius 1 is 0.867 bits per heavy atom. The smallest absolute Gasteiger partial charge is 0.325 e. The fraction of sp³-hybridized carbons (Fsp3) is 0.208. The molecule has 0 N–H and O–H groups in total. The monoisotopic (exact) mass is 408 g/mol. The minimum absolute atomic E-state index is 0.295. The highest BCUT2D eigenvalue weighted by atomic mass is 19.4. The second-order valence-electron chi connectivity index (χ2n) is 7.58. The summed E-state index contributed by atoms with van der Waals surface area (Å²) in [6.07, 6.45) is -0.846. The summed E-state index contributed by atoms with van der Waals surface area (Å²) in [4.78, 5) is 12.6. The van der Waals surface area contributed by atoms with E-state index in [2.05, 4.69) is 4.57 Å². The largest absolute Gasteiger partial charge is 0.456 e. The Labute approximate surface area is 171 Å². The van der Waals surface area contributed by atoms with Gasteiger partial charge in [0.2, 0.25) is 0 Å². The number of nitrogens with zero attached hydrogens (tertiary/aromatic N) is 2. The topological polar surface area (TPSA) is 26.4 Å². The van der Waals surface area contributed by atoms with E-state index >= 15 is 0 Å². The molecule has 0 bridgehead atoms. The van der Waals surface area contributed by atoms with Crippen LogP contribution < -0.4 is 0 Å². The second kappa shape index (κ2) is 6.90. The van der Waals surface area contributed by atoms with Crippen LogP contribution in [0.5, 0.6) is 0 Å².